The van der Waals surface area contributed by atoms with Gasteiger partial charge in [-0.2, -0.15) is 0 Å². The van der Waals surface area contributed by atoms with Crippen LogP contribution in [0.5, 0.6) is 0 Å². The van der Waals surface area contributed by atoms with Gasteiger partial charge in [-0.1, -0.05) is 124 Å². The van der Waals surface area contributed by atoms with Gasteiger partial charge < -0.3 is 4.42 Å². The Hall–Kier alpha value is -3.85. The molecule has 3 aromatic carbocycles. The maximum atomic E-state index is 5.94. The third-order valence-electron chi connectivity index (χ3n) is 9.70. The van der Waals surface area contributed by atoms with Crippen LogP contribution in [0, 0.1) is 6.92 Å². The average Bonchev–Trinajstić information content (AvgIpc) is 3.73. The zero-order chi connectivity index (χ0) is 33.4. The Morgan fingerprint density at radius 3 is 1.89 bits per heavy atom. The Bertz CT molecular complexity index is 1650. The molecule has 0 saturated heterocycles. The number of rotatable bonds is 11. The highest BCUT2D eigenvalue weighted by atomic mass is 16.3. The quantitative estimate of drug-likeness (QED) is 0.148. The van der Waals surface area contributed by atoms with E-state index in [1.807, 2.05) is 12.3 Å². The summed E-state index contributed by atoms with van der Waals surface area (Å²) in [4.78, 5) is 5.06. The lowest BCUT2D eigenvalue weighted by molar-refractivity contribution is 0.440. The number of aryl methyl sites for hydroxylation is 1. The molecule has 0 amide bonds. The van der Waals surface area contributed by atoms with Crippen molar-refractivity contribution in [2.75, 3.05) is 0 Å². The molecule has 3 nitrogen and oxygen atoms in total. The van der Waals surface area contributed by atoms with Crippen molar-refractivity contribution in [3.05, 3.63) is 108 Å². The van der Waals surface area contributed by atoms with Crippen LogP contribution in [0.4, 0.5) is 0 Å². The van der Waals surface area contributed by atoms with Gasteiger partial charge >= 0.3 is 0 Å². The number of aromatic nitrogens is 2. The molecule has 3 heteroatoms. The smallest absolute Gasteiger partial charge is 0.144 e. The monoisotopic (exact) mass is 616 g/mol. The summed E-state index contributed by atoms with van der Waals surface area (Å²) >= 11 is 0. The van der Waals surface area contributed by atoms with Gasteiger partial charge in [-0.3, -0.25) is 4.57 Å². The molecule has 0 bridgehead atoms. The first kappa shape index (κ1) is 35.0. The molecule has 2 heterocycles. The van der Waals surface area contributed by atoms with E-state index in [0.717, 1.165) is 35.6 Å². The molecule has 0 N–H and O–H groups in total. The van der Waals surface area contributed by atoms with Crippen molar-refractivity contribution in [1.29, 1.82) is 0 Å². The fourth-order valence-corrected chi connectivity index (χ4v) is 6.37. The van der Waals surface area contributed by atoms with E-state index in [0.29, 0.717) is 11.8 Å². The summed E-state index contributed by atoms with van der Waals surface area (Å²) in [6.07, 6.45) is 12.1. The van der Waals surface area contributed by atoms with Crippen LogP contribution in [0.25, 0.3) is 39.5 Å². The van der Waals surface area contributed by atoms with Crippen molar-refractivity contribution < 1.29 is 4.42 Å². The van der Waals surface area contributed by atoms with Gasteiger partial charge in [-0.05, 0) is 94.7 Å². The molecule has 0 aliphatic heterocycles. The summed E-state index contributed by atoms with van der Waals surface area (Å²) < 4.78 is 8.29. The van der Waals surface area contributed by atoms with Gasteiger partial charge in [-0.25, -0.2) is 4.98 Å². The van der Waals surface area contributed by atoms with Gasteiger partial charge in [0.25, 0.3) is 0 Å². The molecule has 0 spiro atoms. The topological polar surface area (TPSA) is 31.0 Å². The Balaban J connectivity index is 0.000000892. The molecule has 244 valence electrons. The predicted octanol–water partition coefficient (Wildman–Crippen LogP) is 13.3. The third kappa shape index (κ3) is 7.41. The van der Waals surface area contributed by atoms with Crippen LogP contribution in [0.3, 0.4) is 0 Å². The molecule has 5 rings (SSSR count). The van der Waals surface area contributed by atoms with Gasteiger partial charge in [0.2, 0.25) is 0 Å². The summed E-state index contributed by atoms with van der Waals surface area (Å²) in [7, 11) is 0. The van der Waals surface area contributed by atoms with Crippen LogP contribution < -0.4 is 0 Å². The van der Waals surface area contributed by atoms with Crippen molar-refractivity contribution in [2.45, 2.75) is 119 Å². The normalized spacial score (nSPS) is 11.7. The second kappa shape index (κ2) is 15.6. The largest absolute Gasteiger partial charge is 0.464 e. The highest BCUT2D eigenvalue weighted by Gasteiger charge is 2.29. The second-order valence-corrected chi connectivity index (χ2v) is 13.6. The summed E-state index contributed by atoms with van der Waals surface area (Å²) in [6.45, 7) is 22.7. The van der Waals surface area contributed by atoms with E-state index in [2.05, 4.69) is 141 Å². The number of unbranched alkanes of at least 4 members (excludes halogenated alkanes) is 2. The fraction of sp³-hybridized carbons (Fsp3) is 0.419. The van der Waals surface area contributed by atoms with Crippen molar-refractivity contribution in [2.24, 2.45) is 0 Å². The average molecular weight is 617 g/mol. The number of furan rings is 1. The van der Waals surface area contributed by atoms with Crippen LogP contribution in [0.2, 0.25) is 0 Å². The standard InChI is InChI=1S/C38H44N2O.C5H12/c1-9-38(8,10-2)34-17-16-29(36-27(7)18-21-41-36)22-33(34)37-39-19-20-40(37)35-31(25(3)4)23-30(24-32(35)26(5)6)28-14-12-11-13-15-28;1-3-5-4-2/h11-26H,9-10H2,1-8H3;3-5H2,1-2H3. The molecule has 0 atom stereocenters. The first-order chi connectivity index (χ1) is 22.1. The van der Waals surface area contributed by atoms with E-state index in [1.165, 1.54) is 58.3 Å². The Morgan fingerprint density at radius 2 is 1.39 bits per heavy atom. The summed E-state index contributed by atoms with van der Waals surface area (Å²) in [5.41, 5.74) is 11.2. The molecule has 46 heavy (non-hydrogen) atoms. The molecule has 2 aromatic heterocycles. The molecule has 0 radical (unpaired) electrons. The summed E-state index contributed by atoms with van der Waals surface area (Å²) in [5.74, 6) is 2.59. The van der Waals surface area contributed by atoms with Crippen molar-refractivity contribution >= 4 is 0 Å². The summed E-state index contributed by atoms with van der Waals surface area (Å²) in [5, 5.41) is 0. The van der Waals surface area contributed by atoms with Gasteiger partial charge in [0, 0.05) is 23.5 Å². The molecule has 0 fully saturated rings. The van der Waals surface area contributed by atoms with Crippen LogP contribution in [0.1, 0.15) is 129 Å². The van der Waals surface area contributed by atoms with Crippen molar-refractivity contribution in [1.82, 2.24) is 9.55 Å². The van der Waals surface area contributed by atoms with E-state index in [-0.39, 0.29) is 5.41 Å². The Morgan fingerprint density at radius 1 is 0.761 bits per heavy atom. The van der Waals surface area contributed by atoms with E-state index in [4.69, 9.17) is 9.40 Å². The van der Waals surface area contributed by atoms with Gasteiger partial charge in [0.1, 0.15) is 11.6 Å². The van der Waals surface area contributed by atoms with Crippen molar-refractivity contribution in [3.8, 4) is 39.5 Å². The number of nitrogens with zero attached hydrogens (tertiary/aromatic N) is 2. The second-order valence-electron chi connectivity index (χ2n) is 13.6. The van der Waals surface area contributed by atoms with Crippen LogP contribution in [0.15, 0.2) is 89.8 Å². The zero-order valence-corrected chi connectivity index (χ0v) is 30.1. The van der Waals surface area contributed by atoms with Gasteiger partial charge in [0.15, 0.2) is 0 Å². The minimum atomic E-state index is 0.0295. The highest BCUT2D eigenvalue weighted by Crippen LogP contribution is 2.43. The Kier molecular flexibility index (Phi) is 11.9. The van der Waals surface area contributed by atoms with Crippen LogP contribution in [-0.4, -0.2) is 9.55 Å². The molecular weight excluding hydrogens is 560 g/mol. The lowest BCUT2D eigenvalue weighted by atomic mass is 9.75. The molecular formula is C43H56N2O. The molecule has 5 aromatic rings. The molecule has 0 aliphatic rings. The van der Waals surface area contributed by atoms with E-state index < -0.39 is 0 Å². The fourth-order valence-electron chi connectivity index (χ4n) is 6.37. The van der Waals surface area contributed by atoms with Crippen LogP contribution in [-0.2, 0) is 5.41 Å². The first-order valence-electron chi connectivity index (χ1n) is 17.6. The number of hydrogen-bond donors (Lipinski definition) is 0. The lowest BCUT2D eigenvalue weighted by Gasteiger charge is -2.31. The summed E-state index contributed by atoms with van der Waals surface area (Å²) in [6, 6.07) is 24.4. The number of benzene rings is 3. The highest BCUT2D eigenvalue weighted by molar-refractivity contribution is 5.76. The van der Waals surface area contributed by atoms with Gasteiger partial charge in [-0.15, -0.1) is 0 Å². The zero-order valence-electron chi connectivity index (χ0n) is 30.1. The SMILES string of the molecule is CCC(C)(CC)c1ccc(-c2occc2C)cc1-c1nccn1-c1c(C(C)C)cc(-c2ccccc2)cc1C(C)C.CCCCC. The molecule has 0 unspecified atom stereocenters. The van der Waals surface area contributed by atoms with Crippen molar-refractivity contribution in [3.63, 3.8) is 0 Å². The Labute approximate surface area is 279 Å². The first-order valence-corrected chi connectivity index (χ1v) is 17.6. The van der Waals surface area contributed by atoms with Gasteiger partial charge in [0.05, 0.1) is 12.0 Å². The van der Waals surface area contributed by atoms with E-state index in [1.54, 1.807) is 6.26 Å². The predicted molar refractivity (Wildman–Crippen MR) is 198 cm³/mol. The van der Waals surface area contributed by atoms with E-state index in [9.17, 15) is 0 Å². The maximum absolute atomic E-state index is 5.94. The molecule has 0 saturated carbocycles. The lowest BCUT2D eigenvalue weighted by Crippen LogP contribution is -2.21. The third-order valence-corrected chi connectivity index (χ3v) is 9.70. The molecule has 0 aliphatic carbocycles. The maximum Gasteiger partial charge on any atom is 0.144 e. The van der Waals surface area contributed by atoms with E-state index >= 15 is 0 Å². The number of imidazole rings is 1. The number of hydrogen-bond acceptors (Lipinski definition) is 2. The minimum absolute atomic E-state index is 0.0295. The minimum Gasteiger partial charge on any atom is -0.464 e. The van der Waals surface area contributed by atoms with Crippen LogP contribution >= 0.6 is 0 Å².